The van der Waals surface area contributed by atoms with Crippen LogP contribution in [0, 0.1) is 19.8 Å². The summed E-state index contributed by atoms with van der Waals surface area (Å²) in [5.74, 6) is -0.504. The Morgan fingerprint density at radius 1 is 1.15 bits per heavy atom. The Morgan fingerprint density at radius 3 is 2.35 bits per heavy atom. The minimum atomic E-state index is -0.467. The van der Waals surface area contributed by atoms with Crippen molar-refractivity contribution < 1.29 is 19.1 Å². The minimum Gasteiger partial charge on any atom is -0.461 e. The number of aromatic amines is 1. The molecule has 1 aromatic rings. The number of hydrogen-bond donors (Lipinski definition) is 1. The van der Waals surface area contributed by atoms with Crippen molar-refractivity contribution >= 4 is 17.7 Å². The molecule has 0 unspecified atom stereocenters. The third-order valence-corrected chi connectivity index (χ3v) is 4.59. The van der Waals surface area contributed by atoms with Crippen molar-refractivity contribution in [3.63, 3.8) is 0 Å². The molecule has 144 valence electrons. The highest BCUT2D eigenvalue weighted by Gasteiger charge is 2.34. The fourth-order valence-corrected chi connectivity index (χ4v) is 3.00. The van der Waals surface area contributed by atoms with E-state index in [0.29, 0.717) is 35.6 Å². The highest BCUT2D eigenvalue weighted by atomic mass is 16.5. The second-order valence-electron chi connectivity index (χ2n) is 7.11. The van der Waals surface area contributed by atoms with E-state index in [-0.39, 0.29) is 30.8 Å². The van der Waals surface area contributed by atoms with Gasteiger partial charge in [-0.1, -0.05) is 0 Å². The van der Waals surface area contributed by atoms with Crippen LogP contribution in [0.4, 0.5) is 0 Å². The second-order valence-corrected chi connectivity index (χ2v) is 7.11. The zero-order valence-electron chi connectivity index (χ0n) is 16.3. The van der Waals surface area contributed by atoms with E-state index >= 15 is 0 Å². The number of amides is 1. The maximum atomic E-state index is 12.9. The lowest BCUT2D eigenvalue weighted by molar-refractivity contribution is -0.132. The minimum absolute atomic E-state index is 0.0327. The number of H-pyrrole nitrogens is 1. The number of ether oxygens (including phenoxy) is 1. The number of carbonyl (C=O) groups is 3. The molecular weight excluding hydrogens is 334 g/mol. The molecule has 2 rings (SSSR count). The van der Waals surface area contributed by atoms with Crippen molar-refractivity contribution in [3.05, 3.63) is 22.5 Å². The number of Topliss-reactive ketones (excluding diaryl/α,β-unsaturated/α-hetero) is 1. The van der Waals surface area contributed by atoms with Crippen LogP contribution in [-0.4, -0.2) is 72.8 Å². The van der Waals surface area contributed by atoms with Crippen LogP contribution < -0.4 is 0 Å². The van der Waals surface area contributed by atoms with Gasteiger partial charge in [0.05, 0.1) is 13.2 Å². The van der Waals surface area contributed by atoms with Crippen molar-refractivity contribution in [1.29, 1.82) is 0 Å². The van der Waals surface area contributed by atoms with Crippen molar-refractivity contribution in [2.75, 3.05) is 40.3 Å². The topological polar surface area (TPSA) is 82.7 Å². The van der Waals surface area contributed by atoms with E-state index in [1.165, 1.54) is 0 Å². The molecule has 0 aromatic carbocycles. The summed E-state index contributed by atoms with van der Waals surface area (Å²) in [6.45, 7) is 6.75. The maximum absolute atomic E-state index is 12.9. The Bertz CT molecular complexity index is 689. The van der Waals surface area contributed by atoms with Crippen LogP contribution in [-0.2, 0) is 9.53 Å². The van der Waals surface area contributed by atoms with E-state index in [1.807, 2.05) is 19.0 Å². The normalized spacial score (nSPS) is 13.8. The van der Waals surface area contributed by atoms with Gasteiger partial charge in [-0.05, 0) is 53.3 Å². The number of hydrogen-bond acceptors (Lipinski definition) is 5. The molecule has 1 aliphatic carbocycles. The van der Waals surface area contributed by atoms with Gasteiger partial charge in [0.2, 0.25) is 5.91 Å². The standard InChI is InChI=1S/C19H29N3O4/c1-6-26-19(25)17-12(2)16(13(3)20-17)15(23)11-22(10-9-21(4)5)18(24)14-7-8-14/h14,20H,6-11H2,1-5H3. The highest BCUT2D eigenvalue weighted by molar-refractivity contribution is 6.04. The predicted octanol–water partition coefficient (Wildman–Crippen LogP) is 1.79. The first-order chi connectivity index (χ1) is 12.3. The van der Waals surface area contributed by atoms with Gasteiger partial charge < -0.3 is 19.5 Å². The summed E-state index contributed by atoms with van der Waals surface area (Å²) in [4.78, 5) is 44.1. The second kappa shape index (κ2) is 8.49. The molecule has 0 bridgehead atoms. The summed E-state index contributed by atoms with van der Waals surface area (Å²) in [6, 6.07) is 0. The van der Waals surface area contributed by atoms with Crippen molar-refractivity contribution in [1.82, 2.24) is 14.8 Å². The van der Waals surface area contributed by atoms with Crippen LogP contribution in [0.2, 0.25) is 0 Å². The van der Waals surface area contributed by atoms with Gasteiger partial charge in [-0.3, -0.25) is 9.59 Å². The van der Waals surface area contributed by atoms with Crippen LogP contribution in [0.15, 0.2) is 0 Å². The molecule has 7 nitrogen and oxygen atoms in total. The Labute approximate surface area is 154 Å². The maximum Gasteiger partial charge on any atom is 0.355 e. The molecule has 0 spiro atoms. The van der Waals surface area contributed by atoms with E-state index in [0.717, 1.165) is 12.8 Å². The predicted molar refractivity (Wildman–Crippen MR) is 98.4 cm³/mol. The number of likely N-dealkylation sites (N-methyl/N-ethyl adjacent to an activating group) is 1. The lowest BCUT2D eigenvalue weighted by Crippen LogP contribution is -2.41. The Morgan fingerprint density at radius 2 is 1.81 bits per heavy atom. The van der Waals surface area contributed by atoms with E-state index in [9.17, 15) is 14.4 Å². The molecular formula is C19H29N3O4. The summed E-state index contributed by atoms with van der Waals surface area (Å²) in [5, 5.41) is 0. The Hall–Kier alpha value is -2.15. The fraction of sp³-hybridized carbons (Fsp3) is 0.632. The van der Waals surface area contributed by atoms with Crippen molar-refractivity contribution in [2.24, 2.45) is 5.92 Å². The summed E-state index contributed by atoms with van der Waals surface area (Å²) in [5.41, 5.74) is 1.99. The monoisotopic (exact) mass is 363 g/mol. The van der Waals surface area contributed by atoms with Gasteiger partial charge in [0.15, 0.2) is 5.78 Å². The smallest absolute Gasteiger partial charge is 0.355 e. The fourth-order valence-electron chi connectivity index (χ4n) is 3.00. The number of ketones is 1. The van der Waals surface area contributed by atoms with E-state index in [2.05, 4.69) is 4.98 Å². The van der Waals surface area contributed by atoms with Crippen molar-refractivity contribution in [3.8, 4) is 0 Å². The third-order valence-electron chi connectivity index (χ3n) is 4.59. The van der Waals surface area contributed by atoms with Gasteiger partial charge in [0, 0.05) is 30.3 Å². The Kier molecular flexibility index (Phi) is 6.58. The van der Waals surface area contributed by atoms with Gasteiger partial charge in [-0.25, -0.2) is 4.79 Å². The molecule has 1 fully saturated rings. The van der Waals surface area contributed by atoms with Gasteiger partial charge >= 0.3 is 5.97 Å². The molecule has 0 radical (unpaired) electrons. The quantitative estimate of drug-likeness (QED) is 0.534. The van der Waals surface area contributed by atoms with Crippen LogP contribution >= 0.6 is 0 Å². The first-order valence-corrected chi connectivity index (χ1v) is 9.09. The average molecular weight is 363 g/mol. The number of rotatable bonds is 9. The van der Waals surface area contributed by atoms with Crippen LogP contribution in [0.1, 0.15) is 51.9 Å². The molecule has 1 heterocycles. The number of esters is 1. The van der Waals surface area contributed by atoms with E-state index in [4.69, 9.17) is 4.74 Å². The SMILES string of the molecule is CCOC(=O)c1[nH]c(C)c(C(=O)CN(CCN(C)C)C(=O)C2CC2)c1C. The molecule has 1 aliphatic rings. The first-order valence-electron chi connectivity index (χ1n) is 9.09. The van der Waals surface area contributed by atoms with Gasteiger partial charge in [0.1, 0.15) is 5.69 Å². The van der Waals surface area contributed by atoms with Crippen molar-refractivity contribution in [2.45, 2.75) is 33.6 Å². The molecule has 7 heteroatoms. The van der Waals surface area contributed by atoms with E-state index < -0.39 is 5.97 Å². The number of aryl methyl sites for hydroxylation is 1. The molecule has 0 aliphatic heterocycles. The number of carbonyl (C=O) groups excluding carboxylic acids is 3. The average Bonchev–Trinajstić information content (AvgIpc) is 3.36. The molecule has 1 saturated carbocycles. The number of aromatic nitrogens is 1. The number of nitrogens with one attached hydrogen (secondary N) is 1. The lowest BCUT2D eigenvalue weighted by Gasteiger charge is -2.24. The zero-order chi connectivity index (χ0) is 19.4. The van der Waals surface area contributed by atoms with Gasteiger partial charge in [-0.15, -0.1) is 0 Å². The molecule has 0 saturated heterocycles. The largest absolute Gasteiger partial charge is 0.461 e. The molecule has 1 amide bonds. The summed E-state index contributed by atoms with van der Waals surface area (Å²) < 4.78 is 5.03. The van der Waals surface area contributed by atoms with Crippen LogP contribution in [0.3, 0.4) is 0 Å². The highest BCUT2D eigenvalue weighted by Crippen LogP contribution is 2.31. The van der Waals surface area contributed by atoms with Gasteiger partial charge in [-0.2, -0.15) is 0 Å². The lowest BCUT2D eigenvalue weighted by atomic mass is 10.0. The zero-order valence-corrected chi connectivity index (χ0v) is 16.3. The summed E-state index contributed by atoms with van der Waals surface area (Å²) in [7, 11) is 3.88. The van der Waals surface area contributed by atoms with Crippen LogP contribution in [0.5, 0.6) is 0 Å². The number of nitrogens with zero attached hydrogens (tertiary/aromatic N) is 2. The third kappa shape index (κ3) is 4.72. The van der Waals surface area contributed by atoms with Crippen LogP contribution in [0.25, 0.3) is 0 Å². The summed E-state index contributed by atoms with van der Waals surface area (Å²) in [6.07, 6.45) is 1.81. The molecule has 1 N–H and O–H groups in total. The molecule has 0 atom stereocenters. The molecule has 1 aromatic heterocycles. The van der Waals surface area contributed by atoms with E-state index in [1.54, 1.807) is 25.7 Å². The van der Waals surface area contributed by atoms with Gasteiger partial charge in [0.25, 0.3) is 0 Å². The first kappa shape index (κ1) is 20.2. The molecule has 26 heavy (non-hydrogen) atoms. The Balaban J connectivity index is 2.17. The summed E-state index contributed by atoms with van der Waals surface area (Å²) >= 11 is 0.